The number of hydrogen-bond acceptors (Lipinski definition) is 2. The highest BCUT2D eigenvalue weighted by atomic mass is 16.2. The van der Waals surface area contributed by atoms with Gasteiger partial charge in [-0.2, -0.15) is 0 Å². The molecule has 0 spiro atoms. The van der Waals surface area contributed by atoms with Gasteiger partial charge in [-0.3, -0.25) is 4.79 Å². The van der Waals surface area contributed by atoms with E-state index in [1.165, 1.54) is 5.56 Å². The molecule has 1 rings (SSSR count). The number of nitrogens with zero attached hydrogens (tertiary/aromatic N) is 1. The fourth-order valence-electron chi connectivity index (χ4n) is 1.71. The second kappa shape index (κ2) is 6.40. The van der Waals surface area contributed by atoms with Crippen LogP contribution in [-0.4, -0.2) is 18.5 Å². The van der Waals surface area contributed by atoms with Crippen molar-refractivity contribution in [1.29, 1.82) is 0 Å². The predicted octanol–water partition coefficient (Wildman–Crippen LogP) is 2.48. The first-order valence-corrected chi connectivity index (χ1v) is 6.21. The van der Waals surface area contributed by atoms with Gasteiger partial charge in [-0.25, -0.2) is 0 Å². The summed E-state index contributed by atoms with van der Waals surface area (Å²) in [5, 5.41) is 0. The minimum absolute atomic E-state index is 0.0398. The van der Waals surface area contributed by atoms with Gasteiger partial charge in [0.15, 0.2) is 0 Å². The van der Waals surface area contributed by atoms with Crippen LogP contribution in [0.25, 0.3) is 0 Å². The van der Waals surface area contributed by atoms with Crippen LogP contribution in [0.15, 0.2) is 24.3 Å². The van der Waals surface area contributed by atoms with Gasteiger partial charge in [0.2, 0.25) is 5.91 Å². The second-order valence-electron chi connectivity index (χ2n) is 4.35. The Hall–Kier alpha value is -1.35. The van der Waals surface area contributed by atoms with Gasteiger partial charge in [-0.05, 0) is 32.4 Å². The molecular weight excluding hydrogens is 212 g/mol. The van der Waals surface area contributed by atoms with Gasteiger partial charge < -0.3 is 10.6 Å². The third-order valence-corrected chi connectivity index (χ3v) is 2.92. The van der Waals surface area contributed by atoms with E-state index in [0.29, 0.717) is 13.0 Å². The molecule has 0 aliphatic carbocycles. The van der Waals surface area contributed by atoms with Crippen molar-refractivity contribution in [2.45, 2.75) is 39.7 Å². The molecule has 1 unspecified atom stereocenters. The van der Waals surface area contributed by atoms with Gasteiger partial charge in [-0.15, -0.1) is 0 Å². The normalized spacial score (nSPS) is 12.2. The average molecular weight is 234 g/mol. The van der Waals surface area contributed by atoms with Crippen molar-refractivity contribution in [3.8, 4) is 0 Å². The summed E-state index contributed by atoms with van der Waals surface area (Å²) in [4.78, 5) is 13.9. The highest BCUT2D eigenvalue weighted by molar-refractivity contribution is 5.93. The number of nitrogens with two attached hydrogens (primary N) is 1. The van der Waals surface area contributed by atoms with Crippen molar-refractivity contribution >= 4 is 11.6 Å². The zero-order valence-corrected chi connectivity index (χ0v) is 10.9. The van der Waals surface area contributed by atoms with E-state index in [1.807, 2.05) is 45.0 Å². The van der Waals surface area contributed by atoms with Crippen molar-refractivity contribution in [3.05, 3.63) is 29.8 Å². The molecule has 3 nitrogen and oxygen atoms in total. The number of aryl methyl sites for hydroxylation is 1. The molecular formula is C14H22N2O. The smallest absolute Gasteiger partial charge is 0.228 e. The number of rotatable bonds is 5. The Balaban J connectivity index is 2.77. The quantitative estimate of drug-likeness (QED) is 0.850. The number of anilines is 1. The summed E-state index contributed by atoms with van der Waals surface area (Å²) < 4.78 is 0. The molecule has 0 saturated carbocycles. The first-order valence-electron chi connectivity index (χ1n) is 6.21. The SMILES string of the molecule is CCC(N)CC(=O)N(CC)c1ccc(C)cc1. The van der Waals surface area contributed by atoms with Crippen molar-refractivity contribution < 1.29 is 4.79 Å². The van der Waals surface area contributed by atoms with Crippen LogP contribution in [0.4, 0.5) is 5.69 Å². The molecule has 0 aromatic heterocycles. The highest BCUT2D eigenvalue weighted by Gasteiger charge is 2.16. The third kappa shape index (κ3) is 3.86. The molecule has 0 heterocycles. The largest absolute Gasteiger partial charge is 0.327 e. The Morgan fingerprint density at radius 3 is 2.35 bits per heavy atom. The van der Waals surface area contributed by atoms with E-state index in [2.05, 4.69) is 0 Å². The molecule has 1 atom stereocenters. The van der Waals surface area contributed by atoms with E-state index in [1.54, 1.807) is 4.90 Å². The summed E-state index contributed by atoms with van der Waals surface area (Å²) >= 11 is 0. The van der Waals surface area contributed by atoms with Gasteiger partial charge in [0.1, 0.15) is 0 Å². The number of hydrogen-bond donors (Lipinski definition) is 1. The molecule has 0 fully saturated rings. The zero-order valence-electron chi connectivity index (χ0n) is 10.9. The number of carbonyl (C=O) groups is 1. The number of benzene rings is 1. The molecule has 3 heteroatoms. The van der Waals surface area contributed by atoms with E-state index >= 15 is 0 Å². The predicted molar refractivity (Wildman–Crippen MR) is 72.1 cm³/mol. The fourth-order valence-corrected chi connectivity index (χ4v) is 1.71. The molecule has 2 N–H and O–H groups in total. The Kier molecular flexibility index (Phi) is 5.16. The van der Waals surface area contributed by atoms with Crippen LogP contribution in [0.5, 0.6) is 0 Å². The third-order valence-electron chi connectivity index (χ3n) is 2.92. The summed E-state index contributed by atoms with van der Waals surface area (Å²) in [5.74, 6) is 0.103. The van der Waals surface area contributed by atoms with E-state index in [9.17, 15) is 4.79 Å². The molecule has 0 radical (unpaired) electrons. The standard InChI is InChI=1S/C14H22N2O/c1-4-12(15)10-14(17)16(5-2)13-8-6-11(3)7-9-13/h6-9,12H,4-5,10,15H2,1-3H3. The zero-order chi connectivity index (χ0) is 12.8. The fraction of sp³-hybridized carbons (Fsp3) is 0.500. The van der Waals surface area contributed by atoms with E-state index in [4.69, 9.17) is 5.73 Å². The average Bonchev–Trinajstić information content (AvgIpc) is 2.32. The molecule has 1 amide bonds. The Labute approximate surface area is 104 Å². The molecule has 0 bridgehead atoms. The maximum Gasteiger partial charge on any atom is 0.228 e. The molecule has 0 aliphatic rings. The van der Waals surface area contributed by atoms with Gasteiger partial charge in [-0.1, -0.05) is 24.6 Å². The molecule has 0 saturated heterocycles. The summed E-state index contributed by atoms with van der Waals surface area (Å²) in [7, 11) is 0. The summed E-state index contributed by atoms with van der Waals surface area (Å²) in [6.07, 6.45) is 1.25. The van der Waals surface area contributed by atoms with E-state index < -0.39 is 0 Å². The Bertz CT molecular complexity index is 359. The monoisotopic (exact) mass is 234 g/mol. The van der Waals surface area contributed by atoms with Gasteiger partial charge >= 0.3 is 0 Å². The van der Waals surface area contributed by atoms with Crippen molar-refractivity contribution in [2.75, 3.05) is 11.4 Å². The van der Waals surface area contributed by atoms with Crippen LogP contribution in [0.3, 0.4) is 0 Å². The lowest BCUT2D eigenvalue weighted by molar-refractivity contribution is -0.118. The maximum absolute atomic E-state index is 12.1. The van der Waals surface area contributed by atoms with E-state index in [-0.39, 0.29) is 11.9 Å². The lowest BCUT2D eigenvalue weighted by atomic mass is 10.1. The molecule has 0 aliphatic heterocycles. The molecule has 1 aromatic carbocycles. The lowest BCUT2D eigenvalue weighted by Gasteiger charge is -2.22. The minimum Gasteiger partial charge on any atom is -0.327 e. The minimum atomic E-state index is -0.0398. The van der Waals surface area contributed by atoms with Crippen molar-refractivity contribution in [1.82, 2.24) is 0 Å². The highest BCUT2D eigenvalue weighted by Crippen LogP contribution is 2.16. The van der Waals surface area contributed by atoms with Gasteiger partial charge in [0.05, 0.1) is 0 Å². The lowest BCUT2D eigenvalue weighted by Crippen LogP contribution is -2.35. The summed E-state index contributed by atoms with van der Waals surface area (Å²) in [6, 6.07) is 7.96. The van der Waals surface area contributed by atoms with Crippen LogP contribution in [0.1, 0.15) is 32.3 Å². The van der Waals surface area contributed by atoms with Crippen LogP contribution in [-0.2, 0) is 4.79 Å². The molecule has 94 valence electrons. The molecule has 17 heavy (non-hydrogen) atoms. The first kappa shape index (κ1) is 13.7. The van der Waals surface area contributed by atoms with Crippen molar-refractivity contribution in [2.24, 2.45) is 5.73 Å². The molecule has 1 aromatic rings. The van der Waals surface area contributed by atoms with Crippen LogP contribution in [0, 0.1) is 6.92 Å². The number of carbonyl (C=O) groups excluding carboxylic acids is 1. The topological polar surface area (TPSA) is 46.3 Å². The second-order valence-corrected chi connectivity index (χ2v) is 4.35. The van der Waals surface area contributed by atoms with Crippen LogP contribution >= 0.6 is 0 Å². The van der Waals surface area contributed by atoms with Crippen LogP contribution < -0.4 is 10.6 Å². The number of amides is 1. The van der Waals surface area contributed by atoms with E-state index in [0.717, 1.165) is 12.1 Å². The Morgan fingerprint density at radius 2 is 1.88 bits per heavy atom. The van der Waals surface area contributed by atoms with Crippen molar-refractivity contribution in [3.63, 3.8) is 0 Å². The summed E-state index contributed by atoms with van der Waals surface area (Å²) in [6.45, 7) is 6.70. The Morgan fingerprint density at radius 1 is 1.29 bits per heavy atom. The first-order chi connectivity index (χ1) is 8.08. The maximum atomic E-state index is 12.1. The summed E-state index contributed by atoms with van der Waals surface area (Å²) in [5.41, 5.74) is 7.97. The van der Waals surface area contributed by atoms with Crippen LogP contribution in [0.2, 0.25) is 0 Å². The van der Waals surface area contributed by atoms with Gasteiger partial charge in [0.25, 0.3) is 0 Å². The van der Waals surface area contributed by atoms with Gasteiger partial charge in [0, 0.05) is 24.7 Å².